The fraction of sp³-hybridized carbons (Fsp3) is 0.857. The van der Waals surface area contributed by atoms with Crippen molar-refractivity contribution in [1.29, 1.82) is 0 Å². The number of allylic oxidation sites excluding steroid dienone is 1. The maximum atomic E-state index is 12.1. The molecule has 0 aromatic heterocycles. The van der Waals surface area contributed by atoms with Crippen molar-refractivity contribution in [2.45, 2.75) is 83.3 Å². The Kier molecular flexibility index (Phi) is 4.81. The summed E-state index contributed by atoms with van der Waals surface area (Å²) < 4.78 is 11.9. The molecule has 1 saturated heterocycles. The van der Waals surface area contributed by atoms with Gasteiger partial charge in [-0.25, -0.2) is 0 Å². The molecule has 4 rings (SSSR count). The molecule has 3 aliphatic carbocycles. The molecule has 4 aliphatic rings. The van der Waals surface area contributed by atoms with E-state index < -0.39 is 42.7 Å². The van der Waals surface area contributed by atoms with Gasteiger partial charge in [0.1, 0.15) is 30.7 Å². The molecule has 2 saturated carbocycles. The Labute approximate surface area is 165 Å². The predicted octanol–water partition coefficient (Wildman–Crippen LogP) is 0.533. The van der Waals surface area contributed by atoms with Crippen LogP contribution in [-0.4, -0.2) is 70.1 Å². The fourth-order valence-corrected chi connectivity index (χ4v) is 7.15. The molecule has 7 nitrogen and oxygen atoms in total. The van der Waals surface area contributed by atoms with Gasteiger partial charge in [0.2, 0.25) is 0 Å². The van der Waals surface area contributed by atoms with Gasteiger partial charge in [0, 0.05) is 5.41 Å². The van der Waals surface area contributed by atoms with Gasteiger partial charge in [-0.2, -0.15) is 0 Å². The molecule has 1 heterocycles. The smallest absolute Gasteiger partial charge is 0.187 e. The Hall–Kier alpha value is -0.830. The van der Waals surface area contributed by atoms with Crippen molar-refractivity contribution in [1.82, 2.24) is 0 Å². The van der Waals surface area contributed by atoms with Gasteiger partial charge >= 0.3 is 0 Å². The van der Waals surface area contributed by atoms with Crippen LogP contribution in [-0.2, 0) is 14.3 Å². The summed E-state index contributed by atoms with van der Waals surface area (Å²) >= 11 is 0. The lowest BCUT2D eigenvalue weighted by molar-refractivity contribution is -0.319. The van der Waals surface area contributed by atoms with Gasteiger partial charge in [0.15, 0.2) is 6.29 Å². The maximum absolute atomic E-state index is 12.1. The van der Waals surface area contributed by atoms with Crippen molar-refractivity contribution in [3.63, 3.8) is 0 Å². The van der Waals surface area contributed by atoms with Crippen LogP contribution in [0.2, 0.25) is 0 Å². The number of aliphatic hydroxyl groups is 4. The first-order valence-electron chi connectivity index (χ1n) is 10.3. The van der Waals surface area contributed by atoms with Gasteiger partial charge in [-0.15, -0.1) is 0 Å². The zero-order valence-corrected chi connectivity index (χ0v) is 16.7. The van der Waals surface area contributed by atoms with Crippen LogP contribution in [0.3, 0.4) is 0 Å². The first kappa shape index (κ1) is 20.4. The van der Waals surface area contributed by atoms with E-state index >= 15 is 0 Å². The fourth-order valence-electron chi connectivity index (χ4n) is 7.15. The highest BCUT2D eigenvalue weighted by Crippen LogP contribution is 2.78. The summed E-state index contributed by atoms with van der Waals surface area (Å²) in [5.41, 5.74) is 0.113. The van der Waals surface area contributed by atoms with E-state index in [-0.39, 0.29) is 22.9 Å². The maximum Gasteiger partial charge on any atom is 0.187 e. The number of aliphatic hydroxyl groups excluding tert-OH is 4. The van der Waals surface area contributed by atoms with Crippen molar-refractivity contribution in [2.75, 3.05) is 6.61 Å². The summed E-state index contributed by atoms with van der Waals surface area (Å²) in [6.45, 7) is 6.04. The van der Waals surface area contributed by atoms with Crippen LogP contribution in [0.5, 0.6) is 0 Å². The average molecular weight is 396 g/mol. The van der Waals surface area contributed by atoms with Gasteiger partial charge in [-0.1, -0.05) is 26.8 Å². The summed E-state index contributed by atoms with van der Waals surface area (Å²) in [5, 5.41) is 40.0. The van der Waals surface area contributed by atoms with Crippen molar-refractivity contribution in [3.8, 4) is 0 Å². The summed E-state index contributed by atoms with van der Waals surface area (Å²) in [5.74, 6) is 0.239. The number of hydrogen-bond acceptors (Lipinski definition) is 7. The summed E-state index contributed by atoms with van der Waals surface area (Å²) in [7, 11) is 0. The summed E-state index contributed by atoms with van der Waals surface area (Å²) in [4.78, 5) is 12.1. The van der Waals surface area contributed by atoms with Gasteiger partial charge < -0.3 is 29.9 Å². The number of carbonyl (C=O) groups excluding carboxylic acids is 1. The molecule has 0 amide bonds. The lowest BCUT2D eigenvalue weighted by Crippen LogP contribution is -2.60. The zero-order chi connectivity index (χ0) is 20.5. The molecule has 3 fully saturated rings. The molecule has 0 aromatic carbocycles. The number of ether oxygens (including phenoxy) is 2. The number of carbonyl (C=O) groups is 1. The standard InChI is InChI=1S/C21H32O7/c1-11-4-6-20-7-5-14(21(11,20)12(9-22)8-19(20,2)3)28-18-17(26)16(25)15(24)13(10-23)27-18/h8-9,11,13-18,23-26H,4-7,10H2,1-3H3. The second kappa shape index (κ2) is 6.59. The Morgan fingerprint density at radius 3 is 2.50 bits per heavy atom. The van der Waals surface area contributed by atoms with E-state index in [1.807, 2.05) is 0 Å². The highest BCUT2D eigenvalue weighted by Gasteiger charge is 2.75. The summed E-state index contributed by atoms with van der Waals surface area (Å²) in [6, 6.07) is 0. The van der Waals surface area contributed by atoms with E-state index in [9.17, 15) is 25.2 Å². The molecule has 28 heavy (non-hydrogen) atoms. The first-order chi connectivity index (χ1) is 13.2. The second-order valence-electron chi connectivity index (χ2n) is 9.69. The molecule has 158 valence electrons. The molecule has 4 N–H and O–H groups in total. The normalized spacial score (nSPS) is 52.2. The SMILES string of the molecule is CC1CCC23CCC(OC4OC(CO)C(O)C(O)C4O)C12C(C=O)=CC3(C)C. The summed E-state index contributed by atoms with van der Waals surface area (Å²) in [6.07, 6.45) is -0.115. The van der Waals surface area contributed by atoms with Crippen LogP contribution < -0.4 is 0 Å². The Morgan fingerprint density at radius 2 is 1.86 bits per heavy atom. The minimum absolute atomic E-state index is 0.0749. The molecule has 1 aliphatic heterocycles. The molecule has 0 radical (unpaired) electrons. The Bertz CT molecular complexity index is 674. The van der Waals surface area contributed by atoms with Crippen LogP contribution in [0.1, 0.15) is 46.5 Å². The van der Waals surface area contributed by atoms with E-state index in [1.165, 1.54) is 0 Å². The quantitative estimate of drug-likeness (QED) is 0.512. The molecule has 0 aromatic rings. The van der Waals surface area contributed by atoms with Crippen molar-refractivity contribution >= 4 is 6.29 Å². The minimum atomic E-state index is -1.47. The first-order valence-corrected chi connectivity index (χ1v) is 10.3. The van der Waals surface area contributed by atoms with Crippen molar-refractivity contribution < 1.29 is 34.7 Å². The molecule has 0 bridgehead atoms. The molecule has 0 spiro atoms. The molecule has 7 heteroatoms. The highest BCUT2D eigenvalue weighted by atomic mass is 16.7. The molecule has 9 unspecified atom stereocenters. The minimum Gasteiger partial charge on any atom is -0.394 e. The lowest BCUT2D eigenvalue weighted by atomic mass is 9.56. The predicted molar refractivity (Wildman–Crippen MR) is 99.1 cm³/mol. The monoisotopic (exact) mass is 396 g/mol. The highest BCUT2D eigenvalue weighted by molar-refractivity contribution is 5.79. The van der Waals surface area contributed by atoms with Crippen molar-refractivity contribution in [2.24, 2.45) is 22.2 Å². The third-order valence-electron chi connectivity index (χ3n) is 8.42. The molecular weight excluding hydrogens is 364 g/mol. The third kappa shape index (κ3) is 2.29. The van der Waals surface area contributed by atoms with Crippen LogP contribution in [0.15, 0.2) is 11.6 Å². The van der Waals surface area contributed by atoms with Gasteiger partial charge in [0.25, 0.3) is 0 Å². The zero-order valence-electron chi connectivity index (χ0n) is 16.7. The van der Waals surface area contributed by atoms with Crippen LogP contribution in [0.25, 0.3) is 0 Å². The molecular formula is C21H32O7. The van der Waals surface area contributed by atoms with Gasteiger partial charge in [-0.05, 0) is 48.0 Å². The van der Waals surface area contributed by atoms with Gasteiger partial charge in [0.05, 0.1) is 12.7 Å². The van der Waals surface area contributed by atoms with Crippen LogP contribution >= 0.6 is 0 Å². The van der Waals surface area contributed by atoms with Crippen LogP contribution in [0.4, 0.5) is 0 Å². The van der Waals surface area contributed by atoms with E-state index in [0.717, 1.165) is 37.5 Å². The number of hydrogen-bond donors (Lipinski definition) is 4. The third-order valence-corrected chi connectivity index (χ3v) is 8.42. The van der Waals surface area contributed by atoms with E-state index in [1.54, 1.807) is 0 Å². The van der Waals surface area contributed by atoms with Crippen molar-refractivity contribution in [3.05, 3.63) is 11.6 Å². The lowest BCUT2D eigenvalue weighted by Gasteiger charge is -2.49. The molecule has 9 atom stereocenters. The average Bonchev–Trinajstić information content (AvgIpc) is 3.22. The number of rotatable bonds is 4. The van der Waals surface area contributed by atoms with E-state index in [0.29, 0.717) is 0 Å². The largest absolute Gasteiger partial charge is 0.394 e. The Balaban J connectivity index is 1.68. The Morgan fingerprint density at radius 1 is 1.18 bits per heavy atom. The van der Waals surface area contributed by atoms with Gasteiger partial charge in [-0.3, -0.25) is 4.79 Å². The van der Waals surface area contributed by atoms with E-state index in [2.05, 4.69) is 26.8 Å². The topological polar surface area (TPSA) is 116 Å². The van der Waals surface area contributed by atoms with Crippen LogP contribution in [0, 0.1) is 22.2 Å². The number of aldehydes is 1. The van der Waals surface area contributed by atoms with E-state index in [4.69, 9.17) is 9.47 Å². The second-order valence-corrected chi connectivity index (χ2v) is 9.69.